The zero-order valence-electron chi connectivity index (χ0n) is 10.1. The summed E-state index contributed by atoms with van der Waals surface area (Å²) in [5.41, 5.74) is 1.46. The molecule has 1 aliphatic rings. The van der Waals surface area contributed by atoms with Crippen molar-refractivity contribution in [3.05, 3.63) is 15.9 Å². The molecule has 90 valence electrons. The molecule has 1 fully saturated rings. The van der Waals surface area contributed by atoms with Gasteiger partial charge in [0.05, 0.1) is 21.5 Å². The van der Waals surface area contributed by atoms with Gasteiger partial charge in [0.25, 0.3) is 0 Å². The highest BCUT2D eigenvalue weighted by atomic mass is 79.9. The smallest absolute Gasteiger partial charge is 0.0738 e. The van der Waals surface area contributed by atoms with Gasteiger partial charge in [-0.3, -0.25) is 4.68 Å². The normalized spacial score (nSPS) is 19.8. The fourth-order valence-corrected chi connectivity index (χ4v) is 2.73. The molecule has 1 aromatic heterocycles. The van der Waals surface area contributed by atoms with E-state index in [1.54, 1.807) is 0 Å². The number of hydrogen-bond donors (Lipinski definition) is 1. The first-order valence-corrected chi connectivity index (χ1v) is 6.59. The van der Waals surface area contributed by atoms with Crippen LogP contribution in [0.5, 0.6) is 0 Å². The van der Waals surface area contributed by atoms with Crippen molar-refractivity contribution in [1.29, 1.82) is 0 Å². The predicted octanol–water partition coefficient (Wildman–Crippen LogP) is 2.58. The van der Waals surface area contributed by atoms with Gasteiger partial charge < -0.3 is 5.11 Å². The second-order valence-electron chi connectivity index (χ2n) is 5.29. The highest BCUT2D eigenvalue weighted by Gasteiger charge is 2.33. The van der Waals surface area contributed by atoms with Gasteiger partial charge in [0.2, 0.25) is 0 Å². The average Bonchev–Trinajstić information content (AvgIpc) is 2.91. The first kappa shape index (κ1) is 12.1. The molecule has 1 aliphatic carbocycles. The van der Waals surface area contributed by atoms with E-state index >= 15 is 0 Å². The maximum atomic E-state index is 10.4. The second-order valence-corrected chi connectivity index (χ2v) is 6.08. The molecular weight excluding hydrogens is 268 g/mol. The topological polar surface area (TPSA) is 38.0 Å². The molecule has 0 amide bonds. The average molecular weight is 287 g/mol. The van der Waals surface area contributed by atoms with Gasteiger partial charge in [0.15, 0.2) is 0 Å². The van der Waals surface area contributed by atoms with Crippen molar-refractivity contribution in [1.82, 2.24) is 9.78 Å². The first-order valence-electron chi connectivity index (χ1n) is 5.79. The third kappa shape index (κ3) is 2.66. The van der Waals surface area contributed by atoms with Gasteiger partial charge in [-0.05, 0) is 42.1 Å². The molecule has 4 heteroatoms. The quantitative estimate of drug-likeness (QED) is 0.924. The van der Waals surface area contributed by atoms with Gasteiger partial charge in [-0.2, -0.15) is 5.10 Å². The maximum Gasteiger partial charge on any atom is 0.0738 e. The third-order valence-electron chi connectivity index (χ3n) is 3.24. The minimum atomic E-state index is -0.607. The Labute approximate surface area is 105 Å². The van der Waals surface area contributed by atoms with E-state index in [2.05, 4.69) is 21.0 Å². The molecule has 0 aliphatic heterocycles. The molecule has 0 saturated heterocycles. The van der Waals surface area contributed by atoms with Gasteiger partial charge in [-0.1, -0.05) is 12.8 Å². The summed E-state index contributed by atoms with van der Waals surface area (Å²) in [4.78, 5) is 0. The van der Waals surface area contributed by atoms with E-state index in [9.17, 15) is 5.11 Å². The molecule has 0 bridgehead atoms. The molecule has 1 saturated carbocycles. The van der Waals surface area contributed by atoms with Crippen molar-refractivity contribution < 1.29 is 5.11 Å². The van der Waals surface area contributed by atoms with E-state index in [1.807, 2.05) is 25.6 Å². The number of rotatable bonds is 4. The molecule has 1 heterocycles. The molecule has 16 heavy (non-hydrogen) atoms. The first-order chi connectivity index (χ1) is 7.39. The lowest BCUT2D eigenvalue weighted by Gasteiger charge is -2.23. The van der Waals surface area contributed by atoms with Crippen LogP contribution in [0.1, 0.15) is 37.6 Å². The Balaban J connectivity index is 2.12. The summed E-state index contributed by atoms with van der Waals surface area (Å²) in [6.45, 7) is 3.91. The van der Waals surface area contributed by atoms with Crippen LogP contribution in [0.15, 0.2) is 4.47 Å². The SMILES string of the molecule is Cc1nn(C)c(CC(C)(O)CC2CC2)c1Br. The summed E-state index contributed by atoms with van der Waals surface area (Å²) in [5, 5.41) is 14.7. The number of halogens is 1. The maximum absolute atomic E-state index is 10.4. The molecule has 1 unspecified atom stereocenters. The van der Waals surface area contributed by atoms with Gasteiger partial charge in [0.1, 0.15) is 0 Å². The Hall–Kier alpha value is -0.350. The van der Waals surface area contributed by atoms with E-state index in [1.165, 1.54) is 12.8 Å². The van der Waals surface area contributed by atoms with E-state index < -0.39 is 5.60 Å². The lowest BCUT2D eigenvalue weighted by atomic mass is 9.93. The van der Waals surface area contributed by atoms with Crippen LogP contribution in [0, 0.1) is 12.8 Å². The van der Waals surface area contributed by atoms with Crippen LogP contribution in [0.3, 0.4) is 0 Å². The summed E-state index contributed by atoms with van der Waals surface area (Å²) >= 11 is 3.54. The molecule has 1 N–H and O–H groups in total. The fraction of sp³-hybridized carbons (Fsp3) is 0.750. The zero-order valence-corrected chi connectivity index (χ0v) is 11.7. The van der Waals surface area contributed by atoms with E-state index in [0.717, 1.165) is 28.2 Å². The van der Waals surface area contributed by atoms with E-state index in [4.69, 9.17) is 0 Å². The zero-order chi connectivity index (χ0) is 11.9. The van der Waals surface area contributed by atoms with Crippen LogP contribution < -0.4 is 0 Å². The Morgan fingerprint density at radius 1 is 1.56 bits per heavy atom. The number of hydrogen-bond acceptors (Lipinski definition) is 2. The largest absolute Gasteiger partial charge is 0.390 e. The molecular formula is C12H19BrN2O. The van der Waals surface area contributed by atoms with Crippen LogP contribution in [-0.4, -0.2) is 20.5 Å². The highest BCUT2D eigenvalue weighted by molar-refractivity contribution is 9.10. The van der Waals surface area contributed by atoms with Crippen molar-refractivity contribution >= 4 is 15.9 Å². The summed E-state index contributed by atoms with van der Waals surface area (Å²) in [7, 11) is 1.93. The van der Waals surface area contributed by atoms with E-state index in [-0.39, 0.29) is 0 Å². The lowest BCUT2D eigenvalue weighted by molar-refractivity contribution is 0.0435. The Morgan fingerprint density at radius 3 is 2.62 bits per heavy atom. The van der Waals surface area contributed by atoms with Gasteiger partial charge in [-0.25, -0.2) is 0 Å². The summed E-state index contributed by atoms with van der Waals surface area (Å²) in [5.74, 6) is 0.739. The number of aliphatic hydroxyl groups is 1. The van der Waals surface area contributed by atoms with Crippen molar-refractivity contribution in [3.63, 3.8) is 0 Å². The molecule has 0 aromatic carbocycles. The Morgan fingerprint density at radius 2 is 2.19 bits per heavy atom. The predicted molar refractivity (Wildman–Crippen MR) is 67.3 cm³/mol. The Bertz CT molecular complexity index is 394. The summed E-state index contributed by atoms with van der Waals surface area (Å²) in [6, 6.07) is 0. The number of aromatic nitrogens is 2. The van der Waals surface area contributed by atoms with Gasteiger partial charge in [0, 0.05) is 13.5 Å². The molecule has 2 rings (SSSR count). The van der Waals surface area contributed by atoms with Crippen LogP contribution in [0.2, 0.25) is 0 Å². The molecule has 1 aromatic rings. The van der Waals surface area contributed by atoms with Crippen molar-refractivity contribution in [3.8, 4) is 0 Å². The van der Waals surface area contributed by atoms with Crippen LogP contribution in [0.4, 0.5) is 0 Å². The lowest BCUT2D eigenvalue weighted by Crippen LogP contribution is -2.29. The molecule has 0 radical (unpaired) electrons. The highest BCUT2D eigenvalue weighted by Crippen LogP contribution is 2.38. The van der Waals surface area contributed by atoms with Crippen molar-refractivity contribution in [2.24, 2.45) is 13.0 Å². The number of nitrogens with zero attached hydrogens (tertiary/aromatic N) is 2. The molecule has 3 nitrogen and oxygen atoms in total. The van der Waals surface area contributed by atoms with Crippen molar-refractivity contribution in [2.75, 3.05) is 0 Å². The molecule has 0 spiro atoms. The van der Waals surface area contributed by atoms with Gasteiger partial charge in [-0.15, -0.1) is 0 Å². The molecule has 1 atom stereocenters. The van der Waals surface area contributed by atoms with Crippen LogP contribution >= 0.6 is 15.9 Å². The second kappa shape index (κ2) is 4.15. The Kier molecular flexibility index (Phi) is 3.14. The van der Waals surface area contributed by atoms with Crippen LogP contribution in [-0.2, 0) is 13.5 Å². The minimum absolute atomic E-state index is 0.607. The minimum Gasteiger partial charge on any atom is -0.390 e. The standard InChI is InChI=1S/C12H19BrN2O/c1-8-11(13)10(15(3)14-8)7-12(2,16)6-9-4-5-9/h9,16H,4-7H2,1-3H3. The van der Waals surface area contributed by atoms with E-state index in [0.29, 0.717) is 6.42 Å². The summed E-state index contributed by atoms with van der Waals surface area (Å²) < 4.78 is 2.90. The van der Waals surface area contributed by atoms with Crippen LogP contribution in [0.25, 0.3) is 0 Å². The monoisotopic (exact) mass is 286 g/mol. The van der Waals surface area contributed by atoms with Crippen molar-refractivity contribution in [2.45, 2.75) is 45.1 Å². The number of aryl methyl sites for hydroxylation is 2. The van der Waals surface area contributed by atoms with Gasteiger partial charge >= 0.3 is 0 Å². The third-order valence-corrected chi connectivity index (χ3v) is 4.27. The fourth-order valence-electron chi connectivity index (χ4n) is 2.25. The summed E-state index contributed by atoms with van der Waals surface area (Å²) in [6.07, 6.45) is 4.13.